The summed E-state index contributed by atoms with van der Waals surface area (Å²) in [5, 5.41) is 4.19. The first-order chi connectivity index (χ1) is 9.28. The molecule has 20 heavy (non-hydrogen) atoms. The third kappa shape index (κ3) is 3.11. The van der Waals surface area contributed by atoms with Crippen LogP contribution in [0.5, 0.6) is 0 Å². The average molecular weight is 294 g/mol. The maximum atomic E-state index is 12.2. The molecule has 0 aliphatic carbocycles. The highest BCUT2D eigenvalue weighted by Crippen LogP contribution is 2.21. The minimum Gasteiger partial charge on any atom is -0.399 e. The molecule has 108 valence electrons. The van der Waals surface area contributed by atoms with E-state index < -0.39 is 10.0 Å². The number of nitrogen functional groups attached to an aromatic ring is 1. The summed E-state index contributed by atoms with van der Waals surface area (Å²) in [4.78, 5) is 0. The van der Waals surface area contributed by atoms with Gasteiger partial charge in [0.2, 0.25) is 10.0 Å². The number of hydrogen-bond acceptors (Lipinski definition) is 4. The molecule has 0 amide bonds. The van der Waals surface area contributed by atoms with E-state index in [0.717, 1.165) is 5.69 Å². The SMILES string of the molecule is Cc1nn(C)c(C)c1NS(=O)(=O)Cc1cccc(N)c1. The van der Waals surface area contributed by atoms with E-state index in [1.54, 1.807) is 42.9 Å². The van der Waals surface area contributed by atoms with E-state index >= 15 is 0 Å². The van der Waals surface area contributed by atoms with E-state index in [1.165, 1.54) is 0 Å². The topological polar surface area (TPSA) is 90.0 Å². The number of anilines is 2. The lowest BCUT2D eigenvalue weighted by atomic mass is 10.2. The standard InChI is InChI=1S/C13H18N4O2S/c1-9-13(10(2)17(3)15-9)16-20(18,19)8-11-5-4-6-12(14)7-11/h4-7,16H,8,14H2,1-3H3. The van der Waals surface area contributed by atoms with Gasteiger partial charge in [-0.05, 0) is 31.5 Å². The summed E-state index contributed by atoms with van der Waals surface area (Å²) in [6, 6.07) is 6.85. The van der Waals surface area contributed by atoms with Gasteiger partial charge in [-0.25, -0.2) is 8.42 Å². The molecule has 3 N–H and O–H groups in total. The van der Waals surface area contributed by atoms with Crippen molar-refractivity contribution in [2.45, 2.75) is 19.6 Å². The highest BCUT2D eigenvalue weighted by atomic mass is 32.2. The third-order valence-corrected chi connectivity index (χ3v) is 4.30. The van der Waals surface area contributed by atoms with Crippen LogP contribution in [0.1, 0.15) is 17.0 Å². The Morgan fingerprint density at radius 2 is 2.05 bits per heavy atom. The summed E-state index contributed by atoms with van der Waals surface area (Å²) in [7, 11) is -1.72. The number of rotatable bonds is 4. The maximum Gasteiger partial charge on any atom is 0.237 e. The van der Waals surface area contributed by atoms with Crippen molar-refractivity contribution in [3.63, 3.8) is 0 Å². The first kappa shape index (κ1) is 14.4. The maximum absolute atomic E-state index is 12.2. The number of hydrogen-bond donors (Lipinski definition) is 2. The molecule has 0 unspecified atom stereocenters. The molecular weight excluding hydrogens is 276 g/mol. The molecule has 0 spiro atoms. The Kier molecular flexibility index (Phi) is 3.71. The van der Waals surface area contributed by atoms with Gasteiger partial charge >= 0.3 is 0 Å². The van der Waals surface area contributed by atoms with Gasteiger partial charge in [-0.1, -0.05) is 12.1 Å². The summed E-state index contributed by atoms with van der Waals surface area (Å²) in [6.45, 7) is 3.59. The number of sulfonamides is 1. The van der Waals surface area contributed by atoms with Crippen molar-refractivity contribution < 1.29 is 8.42 Å². The normalized spacial score (nSPS) is 11.6. The number of aryl methyl sites for hydroxylation is 2. The second-order valence-corrected chi connectivity index (χ2v) is 6.50. The predicted molar refractivity (Wildman–Crippen MR) is 79.8 cm³/mol. The van der Waals surface area contributed by atoms with Crippen LogP contribution < -0.4 is 10.5 Å². The van der Waals surface area contributed by atoms with Crippen molar-refractivity contribution >= 4 is 21.4 Å². The van der Waals surface area contributed by atoms with Crippen LogP contribution in [0.4, 0.5) is 11.4 Å². The summed E-state index contributed by atoms with van der Waals surface area (Å²) in [6.07, 6.45) is 0. The van der Waals surface area contributed by atoms with E-state index in [2.05, 4.69) is 9.82 Å². The van der Waals surface area contributed by atoms with Gasteiger partial charge in [-0.3, -0.25) is 9.40 Å². The fraction of sp³-hybridized carbons (Fsp3) is 0.308. The molecular formula is C13H18N4O2S. The highest BCUT2D eigenvalue weighted by Gasteiger charge is 2.17. The number of nitrogens with one attached hydrogen (secondary N) is 1. The summed E-state index contributed by atoms with van der Waals surface area (Å²) in [5.74, 6) is -0.119. The molecule has 1 aromatic heterocycles. The van der Waals surface area contributed by atoms with Gasteiger partial charge in [0.05, 0.1) is 22.8 Å². The Balaban J connectivity index is 2.24. The van der Waals surface area contributed by atoms with Crippen LogP contribution in [0, 0.1) is 13.8 Å². The van der Waals surface area contributed by atoms with Gasteiger partial charge in [-0.15, -0.1) is 0 Å². The highest BCUT2D eigenvalue weighted by molar-refractivity contribution is 7.91. The van der Waals surface area contributed by atoms with Gasteiger partial charge in [0, 0.05) is 12.7 Å². The number of nitrogens with zero attached hydrogens (tertiary/aromatic N) is 2. The fourth-order valence-electron chi connectivity index (χ4n) is 2.02. The van der Waals surface area contributed by atoms with E-state index in [1.807, 2.05) is 6.92 Å². The number of nitrogens with two attached hydrogens (primary N) is 1. The molecule has 0 atom stereocenters. The Morgan fingerprint density at radius 3 is 2.60 bits per heavy atom. The lowest BCUT2D eigenvalue weighted by Crippen LogP contribution is -2.16. The molecule has 0 saturated heterocycles. The Morgan fingerprint density at radius 1 is 1.35 bits per heavy atom. The van der Waals surface area contributed by atoms with Gasteiger partial charge < -0.3 is 5.73 Å². The van der Waals surface area contributed by atoms with Crippen molar-refractivity contribution in [2.75, 3.05) is 10.5 Å². The van der Waals surface area contributed by atoms with Gasteiger partial charge in [-0.2, -0.15) is 5.10 Å². The fourth-order valence-corrected chi connectivity index (χ4v) is 3.31. The van der Waals surface area contributed by atoms with Gasteiger partial charge in [0.1, 0.15) is 0 Å². The van der Waals surface area contributed by atoms with Crippen LogP contribution in [-0.4, -0.2) is 18.2 Å². The van der Waals surface area contributed by atoms with Crippen LogP contribution >= 0.6 is 0 Å². The molecule has 0 fully saturated rings. The molecule has 0 aliphatic rings. The first-order valence-electron chi connectivity index (χ1n) is 6.13. The molecule has 0 aliphatic heterocycles. The Bertz CT molecular complexity index is 735. The van der Waals surface area contributed by atoms with E-state index in [0.29, 0.717) is 22.6 Å². The average Bonchev–Trinajstić information content (AvgIpc) is 2.55. The molecule has 2 rings (SSSR count). The monoisotopic (exact) mass is 294 g/mol. The number of aromatic nitrogens is 2. The lowest BCUT2D eigenvalue weighted by molar-refractivity contribution is 0.600. The Labute approximate surface area is 118 Å². The molecule has 1 heterocycles. The van der Waals surface area contributed by atoms with E-state index in [-0.39, 0.29) is 5.75 Å². The van der Waals surface area contributed by atoms with Crippen LogP contribution in [0.25, 0.3) is 0 Å². The summed E-state index contributed by atoms with van der Waals surface area (Å²) < 4.78 is 28.6. The predicted octanol–water partition coefficient (Wildman–Crippen LogP) is 1.56. The van der Waals surface area contributed by atoms with Gasteiger partial charge in [0.25, 0.3) is 0 Å². The number of benzene rings is 1. The van der Waals surface area contributed by atoms with Crippen LogP contribution in [0.15, 0.2) is 24.3 Å². The van der Waals surface area contributed by atoms with Crippen LogP contribution in [0.3, 0.4) is 0 Å². The van der Waals surface area contributed by atoms with E-state index in [4.69, 9.17) is 5.73 Å². The minimum atomic E-state index is -3.49. The molecule has 0 saturated carbocycles. The van der Waals surface area contributed by atoms with Crippen molar-refractivity contribution in [2.24, 2.45) is 7.05 Å². The second-order valence-electron chi connectivity index (χ2n) is 4.78. The second kappa shape index (κ2) is 5.16. The molecule has 0 radical (unpaired) electrons. The third-order valence-electron chi connectivity index (χ3n) is 3.07. The van der Waals surface area contributed by atoms with Crippen molar-refractivity contribution in [1.82, 2.24) is 9.78 Å². The zero-order valence-corrected chi connectivity index (χ0v) is 12.5. The van der Waals surface area contributed by atoms with Crippen LogP contribution in [-0.2, 0) is 22.8 Å². The zero-order chi connectivity index (χ0) is 14.9. The molecule has 6 nitrogen and oxygen atoms in total. The smallest absolute Gasteiger partial charge is 0.237 e. The minimum absolute atomic E-state index is 0.119. The summed E-state index contributed by atoms with van der Waals surface area (Å²) >= 11 is 0. The van der Waals surface area contributed by atoms with Crippen LogP contribution in [0.2, 0.25) is 0 Å². The quantitative estimate of drug-likeness (QED) is 0.837. The summed E-state index contributed by atoms with van der Waals surface area (Å²) in [5.41, 5.74) is 8.82. The molecule has 1 aromatic carbocycles. The lowest BCUT2D eigenvalue weighted by Gasteiger charge is -2.09. The molecule has 2 aromatic rings. The van der Waals surface area contributed by atoms with Crippen molar-refractivity contribution in [3.8, 4) is 0 Å². The van der Waals surface area contributed by atoms with E-state index in [9.17, 15) is 8.42 Å². The first-order valence-corrected chi connectivity index (χ1v) is 7.79. The Hall–Kier alpha value is -2.02. The zero-order valence-electron chi connectivity index (χ0n) is 11.7. The van der Waals surface area contributed by atoms with Crippen molar-refractivity contribution in [1.29, 1.82) is 0 Å². The van der Waals surface area contributed by atoms with Gasteiger partial charge in [0.15, 0.2) is 0 Å². The molecule has 0 bridgehead atoms. The largest absolute Gasteiger partial charge is 0.399 e. The van der Waals surface area contributed by atoms with Crippen molar-refractivity contribution in [3.05, 3.63) is 41.2 Å². The molecule has 7 heteroatoms.